The number of likely N-dealkylation sites (tertiary alicyclic amines) is 1. The third-order valence-corrected chi connectivity index (χ3v) is 3.24. The van der Waals surface area contributed by atoms with Crippen molar-refractivity contribution in [2.24, 2.45) is 0 Å². The van der Waals surface area contributed by atoms with Crippen molar-refractivity contribution < 1.29 is 9.59 Å². The van der Waals surface area contributed by atoms with Crippen molar-refractivity contribution in [1.82, 2.24) is 14.9 Å². The molecule has 0 atom stereocenters. The Balaban J connectivity index is 0.000000956. The molecule has 5 nitrogen and oxygen atoms in total. The average Bonchev–Trinajstić information content (AvgIpc) is 2.49. The highest BCUT2D eigenvalue weighted by Crippen LogP contribution is 2.18. The molecule has 0 aromatic carbocycles. The van der Waals surface area contributed by atoms with Gasteiger partial charge in [-0.15, -0.1) is 0 Å². The number of aromatic nitrogens is 2. The molecule has 1 aliphatic heterocycles. The van der Waals surface area contributed by atoms with Gasteiger partial charge in [0, 0.05) is 18.7 Å². The molecule has 1 aromatic heterocycles. The highest BCUT2D eigenvalue weighted by atomic mass is 16.2. The molecule has 1 aromatic rings. The molecule has 0 N–H and O–H groups in total. The molecule has 1 aliphatic rings. The van der Waals surface area contributed by atoms with E-state index >= 15 is 0 Å². The summed E-state index contributed by atoms with van der Waals surface area (Å²) in [7, 11) is 0. The first-order valence-electron chi connectivity index (χ1n) is 6.94. The molecular weight excluding hydrogens is 254 g/mol. The highest BCUT2D eigenvalue weighted by molar-refractivity contribution is 5.96. The molecule has 108 valence electrons. The van der Waals surface area contributed by atoms with E-state index in [1.54, 1.807) is 4.90 Å². The van der Waals surface area contributed by atoms with Gasteiger partial charge in [-0.3, -0.25) is 4.79 Å². The van der Waals surface area contributed by atoms with Crippen LogP contribution in [0.1, 0.15) is 48.4 Å². The minimum Gasteiger partial charge on any atom is -0.338 e. The van der Waals surface area contributed by atoms with Gasteiger partial charge >= 0.3 is 0 Å². The van der Waals surface area contributed by atoms with E-state index in [0.29, 0.717) is 42.9 Å². The van der Waals surface area contributed by atoms with E-state index in [4.69, 9.17) is 0 Å². The first-order chi connectivity index (χ1) is 9.63. The molecule has 1 fully saturated rings. The predicted molar refractivity (Wildman–Crippen MR) is 77.2 cm³/mol. The van der Waals surface area contributed by atoms with Gasteiger partial charge in [-0.05, 0) is 26.7 Å². The van der Waals surface area contributed by atoms with Crippen LogP contribution in [0.4, 0.5) is 0 Å². The highest BCUT2D eigenvalue weighted by Gasteiger charge is 2.24. The monoisotopic (exact) mass is 275 g/mol. The number of rotatable bonds is 1. The normalized spacial score (nSPS) is 14.2. The lowest BCUT2D eigenvalue weighted by molar-refractivity contribution is 0.0741. The maximum absolute atomic E-state index is 12.4. The third kappa shape index (κ3) is 3.52. The Labute approximate surface area is 119 Å². The van der Waals surface area contributed by atoms with Gasteiger partial charge in [0.25, 0.3) is 5.91 Å². The van der Waals surface area contributed by atoms with Crippen LogP contribution in [0, 0.1) is 13.8 Å². The fraction of sp³-hybridized carbons (Fsp3) is 0.533. The molecule has 20 heavy (non-hydrogen) atoms. The van der Waals surface area contributed by atoms with Crippen LogP contribution in [0.5, 0.6) is 0 Å². The molecule has 5 heteroatoms. The summed E-state index contributed by atoms with van der Waals surface area (Å²) in [6.45, 7) is 8.75. The van der Waals surface area contributed by atoms with E-state index in [0.717, 1.165) is 5.57 Å². The average molecular weight is 275 g/mol. The second kappa shape index (κ2) is 7.56. The number of amides is 1. The van der Waals surface area contributed by atoms with Crippen LogP contribution in [0.3, 0.4) is 0 Å². The Kier molecular flexibility index (Phi) is 6.07. The minimum atomic E-state index is -0.0458. The summed E-state index contributed by atoms with van der Waals surface area (Å²) in [6.07, 6.45) is 2.69. The van der Waals surface area contributed by atoms with Gasteiger partial charge in [-0.1, -0.05) is 13.8 Å². The summed E-state index contributed by atoms with van der Waals surface area (Å²) in [5.41, 5.74) is 2.74. The van der Waals surface area contributed by atoms with Crippen molar-refractivity contribution in [2.45, 2.75) is 40.5 Å². The number of carbonyl (C=O) groups excluding carboxylic acids is 2. The zero-order valence-corrected chi connectivity index (χ0v) is 12.6. The number of hydrogen-bond acceptors (Lipinski definition) is 4. The topological polar surface area (TPSA) is 63.2 Å². The second-order valence-electron chi connectivity index (χ2n) is 4.42. The SMILES string of the molecule is CC.Cc1ncnc(C)c1C(=O)N1CCC(=C=O)CC1. The van der Waals surface area contributed by atoms with Crippen LogP contribution in [0.25, 0.3) is 0 Å². The summed E-state index contributed by atoms with van der Waals surface area (Å²) < 4.78 is 0. The van der Waals surface area contributed by atoms with Gasteiger partial charge in [0.15, 0.2) is 0 Å². The standard InChI is InChI=1S/C13H15N3O2.C2H6/c1-9-12(10(2)15-8-14-9)13(18)16-5-3-11(7-17)4-6-16;1-2/h8H,3-6H2,1-2H3;1-2H3. The lowest BCUT2D eigenvalue weighted by Gasteiger charge is -2.27. The first-order valence-corrected chi connectivity index (χ1v) is 6.94. The molecule has 0 radical (unpaired) electrons. The van der Waals surface area contributed by atoms with E-state index in [-0.39, 0.29) is 5.91 Å². The van der Waals surface area contributed by atoms with Gasteiger partial charge in [-0.2, -0.15) is 0 Å². The zero-order chi connectivity index (χ0) is 15.1. The van der Waals surface area contributed by atoms with Crippen molar-refractivity contribution >= 4 is 11.8 Å². The van der Waals surface area contributed by atoms with Crippen molar-refractivity contribution in [1.29, 1.82) is 0 Å². The van der Waals surface area contributed by atoms with Crippen LogP contribution in [-0.2, 0) is 4.79 Å². The molecule has 2 heterocycles. The largest absolute Gasteiger partial charge is 0.338 e. The van der Waals surface area contributed by atoms with Gasteiger partial charge in [0.2, 0.25) is 0 Å². The molecule has 1 saturated heterocycles. The zero-order valence-electron chi connectivity index (χ0n) is 12.6. The number of carbonyl (C=O) groups is 1. The number of piperidine rings is 1. The van der Waals surface area contributed by atoms with Crippen LogP contribution in [0.2, 0.25) is 0 Å². The second-order valence-corrected chi connectivity index (χ2v) is 4.42. The molecule has 0 aliphatic carbocycles. The Bertz CT molecular complexity index is 504. The lowest BCUT2D eigenvalue weighted by atomic mass is 10.0. The van der Waals surface area contributed by atoms with Crippen LogP contribution >= 0.6 is 0 Å². The maximum Gasteiger partial charge on any atom is 0.257 e. The molecule has 0 unspecified atom stereocenters. The van der Waals surface area contributed by atoms with Crippen molar-refractivity contribution in [3.05, 3.63) is 28.9 Å². The summed E-state index contributed by atoms with van der Waals surface area (Å²) in [5, 5.41) is 0. The van der Waals surface area contributed by atoms with E-state index in [1.165, 1.54) is 6.33 Å². The summed E-state index contributed by atoms with van der Waals surface area (Å²) in [5.74, 6) is 1.88. The van der Waals surface area contributed by atoms with Gasteiger partial charge in [0.1, 0.15) is 12.3 Å². The minimum absolute atomic E-state index is 0.0458. The fourth-order valence-electron chi connectivity index (χ4n) is 2.14. The maximum atomic E-state index is 12.4. The Morgan fingerprint density at radius 1 is 1.15 bits per heavy atom. The third-order valence-electron chi connectivity index (χ3n) is 3.24. The summed E-state index contributed by atoms with van der Waals surface area (Å²) in [6, 6.07) is 0. The van der Waals surface area contributed by atoms with Crippen LogP contribution in [-0.4, -0.2) is 39.8 Å². The summed E-state index contributed by atoms with van der Waals surface area (Å²) in [4.78, 5) is 32.8. The molecule has 0 bridgehead atoms. The fourth-order valence-corrected chi connectivity index (χ4v) is 2.14. The number of nitrogens with zero attached hydrogens (tertiary/aromatic N) is 3. The Morgan fingerprint density at radius 3 is 2.10 bits per heavy atom. The van der Waals surface area contributed by atoms with Crippen LogP contribution in [0.15, 0.2) is 11.9 Å². The quantitative estimate of drug-likeness (QED) is 0.736. The predicted octanol–water partition coefficient (Wildman–Crippen LogP) is 2.11. The van der Waals surface area contributed by atoms with Gasteiger partial charge in [-0.25, -0.2) is 14.8 Å². The first kappa shape index (κ1) is 16.1. The number of aryl methyl sites for hydroxylation is 2. The smallest absolute Gasteiger partial charge is 0.257 e. The molecule has 0 saturated carbocycles. The van der Waals surface area contributed by atoms with E-state index in [2.05, 4.69) is 9.97 Å². The van der Waals surface area contributed by atoms with Crippen molar-refractivity contribution in [3.63, 3.8) is 0 Å². The van der Waals surface area contributed by atoms with Gasteiger partial charge in [0.05, 0.1) is 17.0 Å². The van der Waals surface area contributed by atoms with Gasteiger partial charge < -0.3 is 4.90 Å². The summed E-state index contributed by atoms with van der Waals surface area (Å²) >= 11 is 0. The van der Waals surface area contributed by atoms with Crippen molar-refractivity contribution in [2.75, 3.05) is 13.1 Å². The number of hydrogen-bond donors (Lipinski definition) is 0. The Hall–Kier alpha value is -2.00. The molecule has 2 rings (SSSR count). The van der Waals surface area contributed by atoms with E-state index < -0.39 is 0 Å². The molecule has 0 spiro atoms. The van der Waals surface area contributed by atoms with E-state index in [9.17, 15) is 9.59 Å². The molecular formula is C15H21N3O2. The van der Waals surface area contributed by atoms with E-state index in [1.807, 2.05) is 33.6 Å². The molecule has 1 amide bonds. The van der Waals surface area contributed by atoms with Crippen molar-refractivity contribution in [3.8, 4) is 0 Å². The lowest BCUT2D eigenvalue weighted by Crippen LogP contribution is -2.37. The van der Waals surface area contributed by atoms with Crippen LogP contribution < -0.4 is 0 Å². The Morgan fingerprint density at radius 2 is 1.65 bits per heavy atom.